The lowest BCUT2D eigenvalue weighted by atomic mass is 9.96. The molecule has 1 aliphatic heterocycles. The normalized spacial score (nSPS) is 34.1. The van der Waals surface area contributed by atoms with E-state index in [9.17, 15) is 0 Å². The third-order valence-electron chi connectivity index (χ3n) is 2.40. The van der Waals surface area contributed by atoms with Crippen LogP contribution in [0, 0.1) is 5.92 Å². The molecule has 1 heterocycles. The summed E-state index contributed by atoms with van der Waals surface area (Å²) in [5.41, 5.74) is 0. The molecular weight excluding hydrogens is 253 g/mol. The fourth-order valence-electron chi connectivity index (χ4n) is 1.56. The van der Waals surface area contributed by atoms with Crippen LogP contribution < -0.4 is 0 Å². The molecule has 66 valence electrons. The lowest BCUT2D eigenvalue weighted by molar-refractivity contribution is 0.00589. The number of ether oxygens (including phenoxy) is 1. The predicted molar refractivity (Wildman–Crippen MR) is 55.3 cm³/mol. The number of likely N-dealkylation sites (tertiary alicyclic amines) is 1. The Balaban J connectivity index is 2.41. The SMILES string of the molecule is COC1CN(C)CCC1CI. The summed E-state index contributed by atoms with van der Waals surface area (Å²) in [5.74, 6) is 0.775. The van der Waals surface area contributed by atoms with Crippen LogP contribution in [0.15, 0.2) is 0 Å². The van der Waals surface area contributed by atoms with Gasteiger partial charge in [-0.15, -0.1) is 0 Å². The molecule has 11 heavy (non-hydrogen) atoms. The van der Waals surface area contributed by atoms with Crippen LogP contribution in [0.5, 0.6) is 0 Å². The van der Waals surface area contributed by atoms with E-state index < -0.39 is 0 Å². The standard InChI is InChI=1S/C8H16INO/c1-10-4-3-7(5-9)8(6-10)11-2/h7-8H,3-6H2,1-2H3. The summed E-state index contributed by atoms with van der Waals surface area (Å²) in [4.78, 5) is 2.34. The van der Waals surface area contributed by atoms with Crippen molar-refractivity contribution in [3.63, 3.8) is 0 Å². The first kappa shape index (κ1) is 9.74. The van der Waals surface area contributed by atoms with Crippen molar-refractivity contribution < 1.29 is 4.74 Å². The van der Waals surface area contributed by atoms with Crippen molar-refractivity contribution in [2.24, 2.45) is 5.92 Å². The highest BCUT2D eigenvalue weighted by molar-refractivity contribution is 14.1. The van der Waals surface area contributed by atoms with Crippen LogP contribution in [0.4, 0.5) is 0 Å². The zero-order valence-electron chi connectivity index (χ0n) is 7.22. The summed E-state index contributed by atoms with van der Waals surface area (Å²) < 4.78 is 6.64. The first-order valence-corrected chi connectivity index (χ1v) is 5.57. The molecule has 1 aliphatic rings. The Bertz CT molecular complexity index is 121. The van der Waals surface area contributed by atoms with Gasteiger partial charge in [0.05, 0.1) is 6.10 Å². The largest absolute Gasteiger partial charge is 0.380 e. The van der Waals surface area contributed by atoms with Crippen LogP contribution in [-0.2, 0) is 4.74 Å². The molecule has 3 heteroatoms. The fraction of sp³-hybridized carbons (Fsp3) is 1.00. The summed E-state index contributed by atoms with van der Waals surface area (Å²) in [5, 5.41) is 0. The molecule has 0 amide bonds. The minimum atomic E-state index is 0.464. The minimum absolute atomic E-state index is 0.464. The Labute approximate surface area is 82.4 Å². The van der Waals surface area contributed by atoms with E-state index in [1.54, 1.807) is 0 Å². The van der Waals surface area contributed by atoms with Gasteiger partial charge in [-0.2, -0.15) is 0 Å². The van der Waals surface area contributed by atoms with Gasteiger partial charge in [0.25, 0.3) is 0 Å². The molecule has 0 aromatic carbocycles. The Hall–Kier alpha value is 0.650. The van der Waals surface area contributed by atoms with E-state index in [0.29, 0.717) is 6.10 Å². The Morgan fingerprint density at radius 1 is 1.64 bits per heavy atom. The van der Waals surface area contributed by atoms with E-state index in [-0.39, 0.29) is 0 Å². The van der Waals surface area contributed by atoms with E-state index in [1.807, 2.05) is 7.11 Å². The molecule has 0 spiro atoms. The van der Waals surface area contributed by atoms with Crippen LogP contribution in [0.1, 0.15) is 6.42 Å². The van der Waals surface area contributed by atoms with Crippen molar-refractivity contribution in [1.82, 2.24) is 4.90 Å². The minimum Gasteiger partial charge on any atom is -0.380 e. The molecule has 2 atom stereocenters. The summed E-state index contributed by atoms with van der Waals surface area (Å²) in [6.07, 6.45) is 1.75. The van der Waals surface area contributed by atoms with E-state index in [0.717, 1.165) is 12.5 Å². The first-order valence-electron chi connectivity index (χ1n) is 4.05. The molecule has 2 unspecified atom stereocenters. The van der Waals surface area contributed by atoms with Gasteiger partial charge < -0.3 is 9.64 Å². The number of halogens is 1. The van der Waals surface area contributed by atoms with Gasteiger partial charge >= 0.3 is 0 Å². The first-order chi connectivity index (χ1) is 5.27. The number of hydrogen-bond acceptors (Lipinski definition) is 2. The maximum Gasteiger partial charge on any atom is 0.0733 e. The molecule has 1 saturated heterocycles. The topological polar surface area (TPSA) is 12.5 Å². The third kappa shape index (κ3) is 2.56. The monoisotopic (exact) mass is 269 g/mol. The molecule has 0 radical (unpaired) electrons. The van der Waals surface area contributed by atoms with Crippen molar-refractivity contribution >= 4 is 22.6 Å². The molecule has 2 nitrogen and oxygen atoms in total. The van der Waals surface area contributed by atoms with Gasteiger partial charge in [-0.3, -0.25) is 0 Å². The highest BCUT2D eigenvalue weighted by Crippen LogP contribution is 2.20. The molecule has 0 bridgehead atoms. The zero-order chi connectivity index (χ0) is 8.27. The van der Waals surface area contributed by atoms with E-state index in [2.05, 4.69) is 34.5 Å². The van der Waals surface area contributed by atoms with Crippen LogP contribution >= 0.6 is 22.6 Å². The maximum absolute atomic E-state index is 5.42. The van der Waals surface area contributed by atoms with Gasteiger partial charge in [-0.05, 0) is 25.9 Å². The number of hydrogen-bond donors (Lipinski definition) is 0. The maximum atomic E-state index is 5.42. The van der Waals surface area contributed by atoms with Crippen LogP contribution in [-0.4, -0.2) is 42.7 Å². The van der Waals surface area contributed by atoms with E-state index >= 15 is 0 Å². The summed E-state index contributed by atoms with van der Waals surface area (Å²) in [7, 11) is 3.98. The van der Waals surface area contributed by atoms with E-state index in [1.165, 1.54) is 17.4 Å². The summed E-state index contributed by atoms with van der Waals surface area (Å²) in [6.45, 7) is 2.33. The van der Waals surface area contributed by atoms with Gasteiger partial charge in [-0.1, -0.05) is 22.6 Å². The van der Waals surface area contributed by atoms with Crippen molar-refractivity contribution in [2.75, 3.05) is 31.7 Å². The number of nitrogens with zero attached hydrogens (tertiary/aromatic N) is 1. The summed E-state index contributed by atoms with van der Waals surface area (Å²) in [6, 6.07) is 0. The second-order valence-electron chi connectivity index (χ2n) is 3.24. The fourth-order valence-corrected chi connectivity index (χ4v) is 2.57. The Morgan fingerprint density at radius 3 is 2.91 bits per heavy atom. The van der Waals surface area contributed by atoms with Crippen molar-refractivity contribution in [3.8, 4) is 0 Å². The average Bonchev–Trinajstić information content (AvgIpc) is 2.04. The average molecular weight is 269 g/mol. The van der Waals surface area contributed by atoms with Crippen LogP contribution in [0.25, 0.3) is 0 Å². The molecule has 0 aromatic rings. The van der Waals surface area contributed by atoms with Gasteiger partial charge in [-0.25, -0.2) is 0 Å². The van der Waals surface area contributed by atoms with Gasteiger partial charge in [0, 0.05) is 18.1 Å². The molecular formula is C8H16INO. The summed E-state index contributed by atoms with van der Waals surface area (Å²) >= 11 is 2.45. The Morgan fingerprint density at radius 2 is 2.36 bits per heavy atom. The predicted octanol–water partition coefficient (Wildman–Crippen LogP) is 1.39. The van der Waals surface area contributed by atoms with Crippen LogP contribution in [0.3, 0.4) is 0 Å². The van der Waals surface area contributed by atoms with Crippen molar-refractivity contribution in [2.45, 2.75) is 12.5 Å². The van der Waals surface area contributed by atoms with Gasteiger partial charge in [0.1, 0.15) is 0 Å². The zero-order valence-corrected chi connectivity index (χ0v) is 9.37. The molecule has 1 fully saturated rings. The second-order valence-corrected chi connectivity index (χ2v) is 4.12. The van der Waals surface area contributed by atoms with Gasteiger partial charge in [0.2, 0.25) is 0 Å². The van der Waals surface area contributed by atoms with Gasteiger partial charge in [0.15, 0.2) is 0 Å². The molecule has 1 rings (SSSR count). The molecule has 0 saturated carbocycles. The lowest BCUT2D eigenvalue weighted by Gasteiger charge is -2.34. The van der Waals surface area contributed by atoms with Crippen molar-refractivity contribution in [3.05, 3.63) is 0 Å². The number of piperidine rings is 1. The number of alkyl halides is 1. The lowest BCUT2D eigenvalue weighted by Crippen LogP contribution is -2.43. The smallest absolute Gasteiger partial charge is 0.0733 e. The number of rotatable bonds is 2. The van der Waals surface area contributed by atoms with Crippen LogP contribution in [0.2, 0.25) is 0 Å². The number of likely N-dealkylation sites (N-methyl/N-ethyl adjacent to an activating group) is 1. The molecule has 0 N–H and O–H groups in total. The quantitative estimate of drug-likeness (QED) is 0.555. The highest BCUT2D eigenvalue weighted by Gasteiger charge is 2.26. The Kier molecular flexibility index (Phi) is 4.09. The molecule has 0 aliphatic carbocycles. The third-order valence-corrected chi connectivity index (χ3v) is 3.53. The molecule has 0 aromatic heterocycles. The second kappa shape index (κ2) is 4.62. The number of methoxy groups -OCH3 is 1. The highest BCUT2D eigenvalue weighted by atomic mass is 127. The van der Waals surface area contributed by atoms with Crippen molar-refractivity contribution in [1.29, 1.82) is 0 Å². The van der Waals surface area contributed by atoms with E-state index in [4.69, 9.17) is 4.74 Å².